The summed E-state index contributed by atoms with van der Waals surface area (Å²) in [5.41, 5.74) is 7.43. The molecule has 0 saturated carbocycles. The number of hydrogen-bond donors (Lipinski definition) is 1. The number of rotatable bonds is 2. The van der Waals surface area contributed by atoms with Gasteiger partial charge in [-0.3, -0.25) is 4.79 Å². The number of carbonyl (C=O) groups is 1. The van der Waals surface area contributed by atoms with Crippen molar-refractivity contribution in [2.45, 2.75) is 0 Å². The molecule has 2 aromatic carbocycles. The van der Waals surface area contributed by atoms with Crippen LogP contribution in [-0.2, 0) is 0 Å². The Kier molecular flexibility index (Phi) is 3.01. The molecule has 0 radical (unpaired) electrons. The maximum absolute atomic E-state index is 12.5. The van der Waals surface area contributed by atoms with Crippen LogP contribution in [0.15, 0.2) is 47.8 Å². The largest absolute Gasteiger partial charge is 0.398 e. The molecule has 0 fully saturated rings. The standard InChI is InChI=1S/C15H10ClNOS/c16-12-5-4-10(8-13(12)17)14(18)11-3-1-2-9-6-7-19-15(9)11/h1-8H,17H2. The van der Waals surface area contributed by atoms with Crippen LogP contribution in [0, 0.1) is 0 Å². The number of thiophene rings is 1. The molecule has 4 heteroatoms. The summed E-state index contributed by atoms with van der Waals surface area (Å²) < 4.78 is 1.00. The fraction of sp³-hybridized carbons (Fsp3) is 0. The van der Waals surface area contributed by atoms with E-state index in [1.807, 2.05) is 29.6 Å². The highest BCUT2D eigenvalue weighted by Crippen LogP contribution is 2.28. The first kappa shape index (κ1) is 12.2. The van der Waals surface area contributed by atoms with Gasteiger partial charge in [-0.2, -0.15) is 0 Å². The van der Waals surface area contributed by atoms with Gasteiger partial charge in [-0.25, -0.2) is 0 Å². The zero-order chi connectivity index (χ0) is 13.4. The van der Waals surface area contributed by atoms with Crippen molar-refractivity contribution in [3.05, 3.63) is 64.0 Å². The molecule has 0 aliphatic rings. The monoisotopic (exact) mass is 287 g/mol. The van der Waals surface area contributed by atoms with Crippen LogP contribution in [0.25, 0.3) is 10.1 Å². The van der Waals surface area contributed by atoms with E-state index >= 15 is 0 Å². The molecule has 3 rings (SSSR count). The van der Waals surface area contributed by atoms with E-state index < -0.39 is 0 Å². The number of halogens is 1. The number of nitrogens with two attached hydrogens (primary N) is 1. The third-order valence-corrected chi connectivity index (χ3v) is 4.29. The Balaban J connectivity index is 2.13. The molecule has 19 heavy (non-hydrogen) atoms. The van der Waals surface area contributed by atoms with Crippen LogP contribution in [0.4, 0.5) is 5.69 Å². The van der Waals surface area contributed by atoms with Gasteiger partial charge in [0.05, 0.1) is 10.7 Å². The Morgan fingerprint density at radius 3 is 2.79 bits per heavy atom. The van der Waals surface area contributed by atoms with Gasteiger partial charge >= 0.3 is 0 Å². The number of hydrogen-bond acceptors (Lipinski definition) is 3. The quantitative estimate of drug-likeness (QED) is 0.562. The molecule has 0 saturated heterocycles. The van der Waals surface area contributed by atoms with E-state index in [-0.39, 0.29) is 5.78 Å². The second-order valence-corrected chi connectivity index (χ2v) is 5.53. The predicted octanol–water partition coefficient (Wildman–Crippen LogP) is 4.37. The number of fused-ring (bicyclic) bond motifs is 1. The van der Waals surface area contributed by atoms with Crippen molar-refractivity contribution >= 4 is 44.5 Å². The molecular weight excluding hydrogens is 278 g/mol. The van der Waals surface area contributed by atoms with Crippen LogP contribution in [0.2, 0.25) is 5.02 Å². The lowest BCUT2D eigenvalue weighted by atomic mass is 10.0. The van der Waals surface area contributed by atoms with Crippen LogP contribution in [-0.4, -0.2) is 5.78 Å². The molecule has 2 nitrogen and oxygen atoms in total. The van der Waals surface area contributed by atoms with Gasteiger partial charge in [-0.1, -0.05) is 23.7 Å². The average Bonchev–Trinajstić information content (AvgIpc) is 2.89. The Morgan fingerprint density at radius 2 is 2.00 bits per heavy atom. The van der Waals surface area contributed by atoms with Crippen molar-refractivity contribution in [2.24, 2.45) is 0 Å². The topological polar surface area (TPSA) is 43.1 Å². The number of benzene rings is 2. The summed E-state index contributed by atoms with van der Waals surface area (Å²) in [5.74, 6) is -0.0311. The molecule has 3 aromatic rings. The molecule has 0 atom stereocenters. The number of anilines is 1. The Labute approximate surface area is 119 Å². The van der Waals surface area contributed by atoms with Crippen LogP contribution >= 0.6 is 22.9 Å². The summed E-state index contributed by atoms with van der Waals surface area (Å²) in [7, 11) is 0. The number of nitrogen functional groups attached to an aromatic ring is 1. The SMILES string of the molecule is Nc1cc(C(=O)c2cccc3ccsc23)ccc1Cl. The first-order chi connectivity index (χ1) is 9.16. The van der Waals surface area contributed by atoms with E-state index in [9.17, 15) is 4.79 Å². The van der Waals surface area contributed by atoms with Gasteiger partial charge in [0, 0.05) is 15.8 Å². The third-order valence-electron chi connectivity index (χ3n) is 2.98. The van der Waals surface area contributed by atoms with Crippen LogP contribution in [0.3, 0.4) is 0 Å². The number of carbonyl (C=O) groups excluding carboxylic acids is 1. The van der Waals surface area contributed by atoms with E-state index in [2.05, 4.69) is 0 Å². The summed E-state index contributed by atoms with van der Waals surface area (Å²) in [6, 6.07) is 12.7. The van der Waals surface area contributed by atoms with E-state index in [4.69, 9.17) is 17.3 Å². The van der Waals surface area contributed by atoms with Crippen molar-refractivity contribution in [2.75, 3.05) is 5.73 Å². The first-order valence-corrected chi connectivity index (χ1v) is 6.98. The average molecular weight is 288 g/mol. The van der Waals surface area contributed by atoms with Gasteiger partial charge < -0.3 is 5.73 Å². The minimum absolute atomic E-state index is 0.0311. The lowest BCUT2D eigenvalue weighted by molar-refractivity contribution is 0.104. The molecule has 1 aromatic heterocycles. The minimum Gasteiger partial charge on any atom is -0.398 e. The summed E-state index contributed by atoms with van der Waals surface area (Å²) >= 11 is 7.44. The maximum Gasteiger partial charge on any atom is 0.194 e. The normalized spacial score (nSPS) is 10.8. The van der Waals surface area contributed by atoms with E-state index in [1.54, 1.807) is 29.5 Å². The fourth-order valence-electron chi connectivity index (χ4n) is 2.01. The summed E-state index contributed by atoms with van der Waals surface area (Å²) in [4.78, 5) is 12.5. The predicted molar refractivity (Wildman–Crippen MR) is 81.1 cm³/mol. The van der Waals surface area contributed by atoms with Crippen LogP contribution in [0.1, 0.15) is 15.9 Å². The molecule has 0 bridgehead atoms. The van der Waals surface area contributed by atoms with Crippen molar-refractivity contribution < 1.29 is 4.79 Å². The lowest BCUT2D eigenvalue weighted by Crippen LogP contribution is -2.02. The van der Waals surface area contributed by atoms with Gasteiger partial charge in [-0.05, 0) is 41.1 Å². The van der Waals surface area contributed by atoms with Gasteiger partial charge in [0.1, 0.15) is 0 Å². The van der Waals surface area contributed by atoms with Crippen LogP contribution < -0.4 is 5.73 Å². The zero-order valence-electron chi connectivity index (χ0n) is 9.89. The summed E-state index contributed by atoms with van der Waals surface area (Å²) in [6.45, 7) is 0. The van der Waals surface area contributed by atoms with Gasteiger partial charge in [0.2, 0.25) is 0 Å². The third kappa shape index (κ3) is 2.11. The highest BCUT2D eigenvalue weighted by molar-refractivity contribution is 7.17. The zero-order valence-corrected chi connectivity index (χ0v) is 11.5. The highest BCUT2D eigenvalue weighted by atomic mass is 35.5. The molecule has 0 aliphatic carbocycles. The highest BCUT2D eigenvalue weighted by Gasteiger charge is 2.14. The van der Waals surface area contributed by atoms with Crippen LogP contribution in [0.5, 0.6) is 0 Å². The Bertz CT molecular complexity index is 779. The second-order valence-electron chi connectivity index (χ2n) is 4.21. The molecule has 0 aliphatic heterocycles. The van der Waals surface area contributed by atoms with Gasteiger partial charge in [-0.15, -0.1) is 11.3 Å². The molecule has 0 unspecified atom stereocenters. The van der Waals surface area contributed by atoms with Crippen molar-refractivity contribution in [3.63, 3.8) is 0 Å². The summed E-state index contributed by atoms with van der Waals surface area (Å²) in [6.07, 6.45) is 0. The first-order valence-electron chi connectivity index (χ1n) is 5.73. The Morgan fingerprint density at radius 1 is 1.16 bits per heavy atom. The Hall–Kier alpha value is -1.84. The minimum atomic E-state index is -0.0311. The van der Waals surface area contributed by atoms with Gasteiger partial charge in [0.15, 0.2) is 5.78 Å². The maximum atomic E-state index is 12.5. The van der Waals surface area contributed by atoms with E-state index in [0.29, 0.717) is 21.8 Å². The fourth-order valence-corrected chi connectivity index (χ4v) is 3.04. The number of ketones is 1. The molecule has 2 N–H and O–H groups in total. The van der Waals surface area contributed by atoms with Gasteiger partial charge in [0.25, 0.3) is 0 Å². The molecular formula is C15H10ClNOS. The smallest absolute Gasteiger partial charge is 0.194 e. The van der Waals surface area contributed by atoms with E-state index in [1.165, 1.54) is 0 Å². The molecule has 1 heterocycles. The van der Waals surface area contributed by atoms with E-state index in [0.717, 1.165) is 10.1 Å². The van der Waals surface area contributed by atoms with Crippen molar-refractivity contribution in [1.82, 2.24) is 0 Å². The van der Waals surface area contributed by atoms with Crippen molar-refractivity contribution in [3.8, 4) is 0 Å². The second kappa shape index (κ2) is 4.68. The lowest BCUT2D eigenvalue weighted by Gasteiger charge is -2.05. The molecule has 94 valence electrons. The van der Waals surface area contributed by atoms with Crippen molar-refractivity contribution in [1.29, 1.82) is 0 Å². The summed E-state index contributed by atoms with van der Waals surface area (Å²) in [5, 5.41) is 3.53. The molecule has 0 spiro atoms. The molecule has 0 amide bonds.